The monoisotopic (exact) mass is 311 g/mol. The van der Waals surface area contributed by atoms with Crippen LogP contribution >= 0.6 is 0 Å². The SMILES string of the molecule is CC(C)C1C[C@H](N2CCCC2)O[Si]1(C(C)(C)C)C(C)(C)C. The molecule has 0 aromatic heterocycles. The highest BCUT2D eigenvalue weighted by Crippen LogP contribution is 2.64. The van der Waals surface area contributed by atoms with Crippen LogP contribution in [0.15, 0.2) is 0 Å². The lowest BCUT2D eigenvalue weighted by Crippen LogP contribution is -2.56. The van der Waals surface area contributed by atoms with Gasteiger partial charge in [0.25, 0.3) is 0 Å². The molecule has 0 aromatic rings. The van der Waals surface area contributed by atoms with E-state index in [0.29, 0.717) is 6.23 Å². The average Bonchev–Trinajstić information content (AvgIpc) is 2.94. The fourth-order valence-corrected chi connectivity index (χ4v) is 12.8. The number of hydrogen-bond acceptors (Lipinski definition) is 2. The van der Waals surface area contributed by atoms with Crippen molar-refractivity contribution < 1.29 is 4.43 Å². The van der Waals surface area contributed by atoms with Crippen LogP contribution in [0.2, 0.25) is 15.6 Å². The summed E-state index contributed by atoms with van der Waals surface area (Å²) in [6.07, 6.45) is 4.36. The predicted molar refractivity (Wildman–Crippen MR) is 94.1 cm³/mol. The van der Waals surface area contributed by atoms with Gasteiger partial charge in [0.2, 0.25) is 8.32 Å². The minimum Gasteiger partial charge on any atom is -0.400 e. The van der Waals surface area contributed by atoms with Crippen molar-refractivity contribution in [2.45, 2.75) is 96.5 Å². The Kier molecular flexibility index (Phi) is 4.70. The Morgan fingerprint density at radius 1 is 0.952 bits per heavy atom. The van der Waals surface area contributed by atoms with Crippen LogP contribution in [0.5, 0.6) is 0 Å². The molecule has 2 aliphatic heterocycles. The Labute approximate surface area is 133 Å². The van der Waals surface area contributed by atoms with Crippen molar-refractivity contribution in [1.29, 1.82) is 0 Å². The van der Waals surface area contributed by atoms with Crippen LogP contribution < -0.4 is 0 Å². The maximum Gasteiger partial charge on any atom is 0.208 e. The number of hydrogen-bond donors (Lipinski definition) is 0. The van der Waals surface area contributed by atoms with E-state index < -0.39 is 8.32 Å². The first-order valence-corrected chi connectivity index (χ1v) is 10.9. The summed E-state index contributed by atoms with van der Waals surface area (Å²) in [6.45, 7) is 21.9. The van der Waals surface area contributed by atoms with Crippen LogP contribution in [-0.4, -0.2) is 32.5 Å². The summed E-state index contributed by atoms with van der Waals surface area (Å²) in [5.74, 6) is 0.725. The molecule has 124 valence electrons. The van der Waals surface area contributed by atoms with E-state index in [1.165, 1.54) is 32.4 Å². The highest BCUT2D eigenvalue weighted by molar-refractivity contribution is 6.81. The molecule has 0 spiro atoms. The van der Waals surface area contributed by atoms with Crippen molar-refractivity contribution in [1.82, 2.24) is 4.90 Å². The summed E-state index contributed by atoms with van der Waals surface area (Å²) in [7, 11) is -1.90. The van der Waals surface area contributed by atoms with E-state index in [9.17, 15) is 0 Å². The van der Waals surface area contributed by atoms with Gasteiger partial charge in [0, 0.05) is 13.1 Å². The summed E-state index contributed by atoms with van der Waals surface area (Å²) in [5, 5.41) is 0.573. The molecule has 1 unspecified atom stereocenters. The topological polar surface area (TPSA) is 12.5 Å². The van der Waals surface area contributed by atoms with Crippen LogP contribution in [0, 0.1) is 5.92 Å². The van der Waals surface area contributed by atoms with Gasteiger partial charge in [0.05, 0.1) is 6.23 Å². The molecule has 2 rings (SSSR count). The Bertz CT molecular complexity index is 346. The predicted octanol–water partition coefficient (Wildman–Crippen LogP) is 5.40. The second-order valence-electron chi connectivity index (χ2n) is 9.64. The molecule has 0 bridgehead atoms. The zero-order chi connectivity index (χ0) is 16.1. The minimum absolute atomic E-state index is 0.286. The molecule has 2 fully saturated rings. The molecular formula is C18H37NOSi. The van der Waals surface area contributed by atoms with Crippen molar-refractivity contribution in [3.05, 3.63) is 0 Å². The van der Waals surface area contributed by atoms with Crippen LogP contribution in [0.3, 0.4) is 0 Å². The largest absolute Gasteiger partial charge is 0.400 e. The molecule has 0 N–H and O–H groups in total. The molecule has 2 nitrogen and oxygen atoms in total. The second-order valence-corrected chi connectivity index (χ2v) is 15.1. The zero-order valence-corrected chi connectivity index (χ0v) is 16.6. The fourth-order valence-electron chi connectivity index (χ4n) is 5.32. The van der Waals surface area contributed by atoms with E-state index in [2.05, 4.69) is 60.3 Å². The molecule has 0 aliphatic carbocycles. The number of nitrogens with zero attached hydrogens (tertiary/aromatic N) is 1. The van der Waals surface area contributed by atoms with Gasteiger partial charge in [-0.1, -0.05) is 55.4 Å². The third-order valence-corrected chi connectivity index (χ3v) is 12.9. The highest BCUT2D eigenvalue weighted by atomic mass is 28.4. The van der Waals surface area contributed by atoms with E-state index in [0.717, 1.165) is 11.5 Å². The normalized spacial score (nSPS) is 31.3. The van der Waals surface area contributed by atoms with Crippen molar-refractivity contribution in [2.75, 3.05) is 13.1 Å². The molecule has 21 heavy (non-hydrogen) atoms. The standard InChI is InChI=1S/C18H37NOSi/c1-14(2)15-13-16(19-11-9-10-12-19)20-21(15,17(3,4)5)18(6,7)8/h14-16H,9-13H2,1-8H3/t15?,16-/m1/s1. The molecular weight excluding hydrogens is 274 g/mol. The average molecular weight is 312 g/mol. The molecule has 0 aromatic carbocycles. The third-order valence-electron chi connectivity index (χ3n) is 5.88. The Morgan fingerprint density at radius 2 is 1.43 bits per heavy atom. The van der Waals surface area contributed by atoms with Gasteiger partial charge in [-0.25, -0.2) is 0 Å². The summed E-state index contributed by atoms with van der Waals surface area (Å²) < 4.78 is 7.10. The lowest BCUT2D eigenvalue weighted by Gasteiger charge is -2.52. The molecule has 2 atom stereocenters. The first-order valence-electron chi connectivity index (χ1n) is 8.92. The molecule has 2 heterocycles. The van der Waals surface area contributed by atoms with Gasteiger partial charge in [-0.15, -0.1) is 0 Å². The summed E-state index contributed by atoms with van der Waals surface area (Å²) >= 11 is 0. The summed E-state index contributed by atoms with van der Waals surface area (Å²) in [4.78, 5) is 2.63. The van der Waals surface area contributed by atoms with Gasteiger partial charge in [-0.3, -0.25) is 4.90 Å². The maximum atomic E-state index is 7.10. The minimum atomic E-state index is -1.90. The smallest absolute Gasteiger partial charge is 0.208 e. The van der Waals surface area contributed by atoms with Crippen LogP contribution in [-0.2, 0) is 4.43 Å². The number of rotatable bonds is 2. The summed E-state index contributed by atoms with van der Waals surface area (Å²) in [6, 6.07) is 0. The van der Waals surface area contributed by atoms with Gasteiger partial charge >= 0.3 is 0 Å². The van der Waals surface area contributed by atoms with Gasteiger partial charge in [-0.2, -0.15) is 0 Å². The molecule has 2 aliphatic rings. The lowest BCUT2D eigenvalue weighted by molar-refractivity contribution is 0.0452. The number of likely N-dealkylation sites (tertiary alicyclic amines) is 1. The molecule has 0 radical (unpaired) electrons. The zero-order valence-electron chi connectivity index (χ0n) is 15.6. The first-order chi connectivity index (χ1) is 9.50. The van der Waals surface area contributed by atoms with E-state index in [1.807, 2.05) is 0 Å². The molecule has 3 heteroatoms. The molecule has 0 amide bonds. The Balaban J connectivity index is 2.40. The van der Waals surface area contributed by atoms with Crippen molar-refractivity contribution in [2.24, 2.45) is 5.92 Å². The van der Waals surface area contributed by atoms with Crippen molar-refractivity contribution in [3.63, 3.8) is 0 Å². The van der Waals surface area contributed by atoms with E-state index >= 15 is 0 Å². The van der Waals surface area contributed by atoms with Crippen LogP contribution in [0.4, 0.5) is 0 Å². The Hall–Kier alpha value is 0.137. The van der Waals surface area contributed by atoms with Crippen molar-refractivity contribution >= 4 is 8.32 Å². The first kappa shape index (κ1) is 17.5. The lowest BCUT2D eigenvalue weighted by atomic mass is 10.1. The van der Waals surface area contributed by atoms with Gasteiger partial charge in [0.1, 0.15) is 0 Å². The third kappa shape index (κ3) is 2.86. The van der Waals surface area contributed by atoms with Gasteiger partial charge in [-0.05, 0) is 40.8 Å². The second kappa shape index (κ2) is 5.65. The van der Waals surface area contributed by atoms with Crippen LogP contribution in [0.25, 0.3) is 0 Å². The Morgan fingerprint density at radius 3 is 1.76 bits per heavy atom. The van der Waals surface area contributed by atoms with E-state index in [-0.39, 0.29) is 10.1 Å². The quantitative estimate of drug-likeness (QED) is 0.633. The van der Waals surface area contributed by atoms with Crippen LogP contribution in [0.1, 0.15) is 74.7 Å². The fraction of sp³-hybridized carbons (Fsp3) is 1.00. The molecule has 2 saturated heterocycles. The van der Waals surface area contributed by atoms with E-state index in [4.69, 9.17) is 4.43 Å². The van der Waals surface area contributed by atoms with E-state index in [1.54, 1.807) is 0 Å². The maximum absolute atomic E-state index is 7.10. The van der Waals surface area contributed by atoms with Gasteiger partial charge < -0.3 is 4.43 Å². The van der Waals surface area contributed by atoms with Crippen molar-refractivity contribution in [3.8, 4) is 0 Å². The molecule has 0 saturated carbocycles. The summed E-state index contributed by atoms with van der Waals surface area (Å²) in [5.41, 5.74) is 0.767. The van der Waals surface area contributed by atoms with Gasteiger partial charge in [0.15, 0.2) is 0 Å². The highest BCUT2D eigenvalue weighted by Gasteiger charge is 2.65.